The molecule has 1 aromatic carbocycles. The SMILES string of the molecule is COc1c2cc3c(nc(/C=C/C(C)C)n3-c3ccccn3)c1OC(=O)C(=O)O2. The van der Waals surface area contributed by atoms with Crippen molar-refractivity contribution in [1.82, 2.24) is 14.5 Å². The second-order valence-electron chi connectivity index (χ2n) is 6.48. The molecule has 8 nitrogen and oxygen atoms in total. The minimum absolute atomic E-state index is 0.0414. The quantitative estimate of drug-likeness (QED) is 0.391. The number of ether oxygens (including phenoxy) is 3. The fourth-order valence-corrected chi connectivity index (χ4v) is 2.92. The lowest BCUT2D eigenvalue weighted by Gasteiger charge is -2.10. The van der Waals surface area contributed by atoms with Crippen molar-refractivity contribution < 1.29 is 23.8 Å². The van der Waals surface area contributed by atoms with E-state index in [0.717, 1.165) is 0 Å². The van der Waals surface area contributed by atoms with E-state index in [-0.39, 0.29) is 17.2 Å². The van der Waals surface area contributed by atoms with Gasteiger partial charge in [-0.1, -0.05) is 26.0 Å². The van der Waals surface area contributed by atoms with Gasteiger partial charge in [-0.25, -0.2) is 19.6 Å². The molecule has 0 amide bonds. The van der Waals surface area contributed by atoms with Crippen LogP contribution in [0.3, 0.4) is 0 Å². The molecular weight excluding hydrogens is 362 g/mol. The highest BCUT2D eigenvalue weighted by Crippen LogP contribution is 2.45. The molecule has 28 heavy (non-hydrogen) atoms. The molecule has 142 valence electrons. The maximum atomic E-state index is 11.9. The average molecular weight is 379 g/mol. The molecule has 0 saturated heterocycles. The number of fused-ring (bicyclic) bond motifs is 4. The molecule has 2 bridgehead atoms. The molecule has 4 rings (SSSR count). The van der Waals surface area contributed by atoms with Gasteiger partial charge in [0.1, 0.15) is 17.2 Å². The molecule has 2 aromatic heterocycles. The number of allylic oxidation sites excluding steroid dienone is 1. The van der Waals surface area contributed by atoms with Crippen LogP contribution in [0.4, 0.5) is 0 Å². The van der Waals surface area contributed by atoms with E-state index in [1.807, 2.05) is 30.4 Å². The first kappa shape index (κ1) is 17.7. The zero-order valence-corrected chi connectivity index (χ0v) is 15.5. The van der Waals surface area contributed by atoms with E-state index in [1.165, 1.54) is 7.11 Å². The van der Waals surface area contributed by atoms with E-state index >= 15 is 0 Å². The number of nitrogens with zero attached hydrogens (tertiary/aromatic N) is 3. The standard InChI is InChI=1S/C20H17N3O5/c1-11(2)7-8-15-22-16-12(23(15)14-6-4-5-9-21-14)10-13-17(26-3)18(16)28-20(25)19(24)27-13/h4-11H,1-3H3/b8-7+. The third kappa shape index (κ3) is 2.88. The molecule has 0 atom stereocenters. The van der Waals surface area contributed by atoms with Crippen LogP contribution in [0, 0.1) is 5.92 Å². The van der Waals surface area contributed by atoms with Crippen LogP contribution in [-0.4, -0.2) is 33.6 Å². The molecule has 0 unspecified atom stereocenters. The summed E-state index contributed by atoms with van der Waals surface area (Å²) in [6.45, 7) is 4.10. The third-order valence-corrected chi connectivity index (χ3v) is 4.13. The second kappa shape index (κ2) is 6.80. The molecule has 1 aliphatic rings. The number of hydrogen-bond donors (Lipinski definition) is 0. The first-order valence-electron chi connectivity index (χ1n) is 8.66. The maximum Gasteiger partial charge on any atom is 0.423 e. The lowest BCUT2D eigenvalue weighted by Crippen LogP contribution is -2.23. The Morgan fingerprint density at radius 1 is 1.18 bits per heavy atom. The lowest BCUT2D eigenvalue weighted by molar-refractivity contribution is -0.155. The van der Waals surface area contributed by atoms with Gasteiger partial charge in [0.05, 0.1) is 12.6 Å². The Hall–Kier alpha value is -3.68. The predicted octanol–water partition coefficient (Wildman–Crippen LogP) is 2.92. The van der Waals surface area contributed by atoms with Crippen LogP contribution in [0.2, 0.25) is 0 Å². The zero-order chi connectivity index (χ0) is 19.8. The zero-order valence-electron chi connectivity index (χ0n) is 15.5. The van der Waals surface area contributed by atoms with Gasteiger partial charge in [-0.05, 0) is 24.1 Å². The number of hydrogen-bond acceptors (Lipinski definition) is 7. The van der Waals surface area contributed by atoms with Crippen LogP contribution < -0.4 is 14.2 Å². The van der Waals surface area contributed by atoms with E-state index in [0.29, 0.717) is 28.6 Å². The summed E-state index contributed by atoms with van der Waals surface area (Å²) in [6, 6.07) is 7.08. The monoisotopic (exact) mass is 379 g/mol. The first-order chi connectivity index (χ1) is 13.5. The van der Waals surface area contributed by atoms with E-state index in [4.69, 9.17) is 14.2 Å². The van der Waals surface area contributed by atoms with Crippen molar-refractivity contribution >= 4 is 29.0 Å². The van der Waals surface area contributed by atoms with Crippen molar-refractivity contribution in [3.63, 3.8) is 0 Å². The summed E-state index contributed by atoms with van der Waals surface area (Å²) in [6.07, 6.45) is 5.53. The number of pyridine rings is 1. The van der Waals surface area contributed by atoms with E-state index in [9.17, 15) is 9.59 Å². The number of methoxy groups -OCH3 is 1. The molecule has 3 aromatic rings. The van der Waals surface area contributed by atoms with Gasteiger partial charge < -0.3 is 14.2 Å². The number of carbonyl (C=O) groups excluding carboxylic acids is 2. The van der Waals surface area contributed by atoms with Gasteiger partial charge in [0.25, 0.3) is 0 Å². The van der Waals surface area contributed by atoms with Crippen LogP contribution in [0.15, 0.2) is 36.5 Å². The number of imidazole rings is 1. The molecule has 1 aliphatic heterocycles. The molecular formula is C20H17N3O5. The van der Waals surface area contributed by atoms with Gasteiger partial charge in [0.15, 0.2) is 5.75 Å². The summed E-state index contributed by atoms with van der Waals surface area (Å²) < 4.78 is 17.5. The van der Waals surface area contributed by atoms with Crippen LogP contribution in [0.25, 0.3) is 22.9 Å². The minimum atomic E-state index is -1.13. The molecule has 0 saturated carbocycles. The number of aromatic nitrogens is 3. The molecule has 0 aliphatic carbocycles. The lowest BCUT2D eigenvalue weighted by atomic mass is 10.2. The Balaban J connectivity index is 2.07. The molecule has 0 N–H and O–H groups in total. The fourth-order valence-electron chi connectivity index (χ4n) is 2.92. The van der Waals surface area contributed by atoms with Crippen molar-refractivity contribution in [1.29, 1.82) is 0 Å². The summed E-state index contributed by atoms with van der Waals surface area (Å²) in [7, 11) is 1.40. The maximum absolute atomic E-state index is 11.9. The predicted molar refractivity (Wildman–Crippen MR) is 101 cm³/mol. The highest BCUT2D eigenvalue weighted by molar-refractivity contribution is 6.32. The number of rotatable bonds is 4. The average Bonchev–Trinajstić information content (AvgIpc) is 3.01. The summed E-state index contributed by atoms with van der Waals surface area (Å²) in [4.78, 5) is 32.8. The molecule has 0 radical (unpaired) electrons. The highest BCUT2D eigenvalue weighted by atomic mass is 16.6. The Bertz CT molecular complexity index is 1120. The van der Waals surface area contributed by atoms with Crippen molar-refractivity contribution in [3.05, 3.63) is 42.4 Å². The molecule has 0 fully saturated rings. The van der Waals surface area contributed by atoms with Gasteiger partial charge in [-0.15, -0.1) is 0 Å². The van der Waals surface area contributed by atoms with Gasteiger partial charge in [0.2, 0.25) is 11.5 Å². The van der Waals surface area contributed by atoms with Crippen molar-refractivity contribution in [2.75, 3.05) is 7.11 Å². The van der Waals surface area contributed by atoms with Crippen molar-refractivity contribution in [3.8, 4) is 23.1 Å². The van der Waals surface area contributed by atoms with Gasteiger partial charge in [-0.2, -0.15) is 0 Å². The number of esters is 2. The topological polar surface area (TPSA) is 92.5 Å². The van der Waals surface area contributed by atoms with E-state index < -0.39 is 11.9 Å². The Kier molecular flexibility index (Phi) is 4.31. The smallest absolute Gasteiger partial charge is 0.423 e. The van der Waals surface area contributed by atoms with Gasteiger partial charge >= 0.3 is 11.9 Å². The minimum Gasteiger partial charge on any atom is -0.490 e. The number of carbonyl (C=O) groups is 2. The molecule has 3 heterocycles. The Morgan fingerprint density at radius 3 is 2.64 bits per heavy atom. The normalized spacial score (nSPS) is 13.7. The summed E-state index contributed by atoms with van der Waals surface area (Å²) in [5, 5.41) is 0. The fraction of sp³-hybridized carbons (Fsp3) is 0.200. The van der Waals surface area contributed by atoms with E-state index in [2.05, 4.69) is 23.8 Å². The summed E-state index contributed by atoms with van der Waals surface area (Å²) in [5.41, 5.74) is 0.928. The second-order valence-corrected chi connectivity index (χ2v) is 6.48. The Morgan fingerprint density at radius 2 is 1.96 bits per heavy atom. The van der Waals surface area contributed by atoms with Crippen LogP contribution in [-0.2, 0) is 9.59 Å². The van der Waals surface area contributed by atoms with E-state index in [1.54, 1.807) is 16.8 Å². The van der Waals surface area contributed by atoms with Crippen molar-refractivity contribution in [2.45, 2.75) is 13.8 Å². The van der Waals surface area contributed by atoms with Gasteiger partial charge in [0, 0.05) is 12.3 Å². The molecule has 0 spiro atoms. The summed E-state index contributed by atoms with van der Waals surface area (Å²) >= 11 is 0. The van der Waals surface area contributed by atoms with Crippen LogP contribution in [0.5, 0.6) is 17.2 Å². The highest BCUT2D eigenvalue weighted by Gasteiger charge is 2.33. The molecule has 8 heteroatoms. The van der Waals surface area contributed by atoms with Crippen molar-refractivity contribution in [2.24, 2.45) is 5.92 Å². The first-order valence-corrected chi connectivity index (χ1v) is 8.66. The van der Waals surface area contributed by atoms with Crippen LogP contribution in [0.1, 0.15) is 19.7 Å². The Labute approximate surface area is 160 Å². The third-order valence-electron chi connectivity index (χ3n) is 4.13. The largest absolute Gasteiger partial charge is 0.490 e. The summed E-state index contributed by atoms with van der Waals surface area (Å²) in [5.74, 6) is -0.482. The van der Waals surface area contributed by atoms with Crippen LogP contribution >= 0.6 is 0 Å². The van der Waals surface area contributed by atoms with Gasteiger partial charge in [-0.3, -0.25) is 4.57 Å². The number of benzene rings is 1.